The number of thioether (sulfide) groups is 1. The first kappa shape index (κ1) is 20.7. The van der Waals surface area contributed by atoms with Crippen LogP contribution < -0.4 is 10.2 Å². The summed E-state index contributed by atoms with van der Waals surface area (Å²) in [5.41, 5.74) is 1.37. The van der Waals surface area contributed by atoms with Crippen molar-refractivity contribution in [3.8, 4) is 0 Å². The molecule has 0 saturated carbocycles. The monoisotopic (exact) mass is 469 g/mol. The molecular weight excluding hydrogens is 453 g/mol. The Balaban J connectivity index is 1.45. The lowest BCUT2D eigenvalue weighted by atomic mass is 10.0. The van der Waals surface area contributed by atoms with E-state index in [1.54, 1.807) is 47.0 Å². The molecule has 0 unspecified atom stereocenters. The fourth-order valence-electron chi connectivity index (χ4n) is 3.73. The Kier molecular flexibility index (Phi) is 5.89. The summed E-state index contributed by atoms with van der Waals surface area (Å²) >= 11 is 19.7. The van der Waals surface area contributed by atoms with Crippen LogP contribution >= 0.6 is 46.6 Å². The van der Waals surface area contributed by atoms with Crippen molar-refractivity contribution >= 4 is 69.9 Å². The fraction of sp³-hybridized carbons (Fsp3) is 0.300. The normalized spacial score (nSPS) is 18.4. The Morgan fingerprint density at radius 2 is 1.66 bits per heavy atom. The zero-order chi connectivity index (χ0) is 20.6. The molecule has 0 aromatic heterocycles. The van der Waals surface area contributed by atoms with Crippen LogP contribution in [-0.2, 0) is 4.79 Å². The van der Waals surface area contributed by atoms with E-state index in [0.29, 0.717) is 52.4 Å². The van der Waals surface area contributed by atoms with Gasteiger partial charge in [0.2, 0.25) is 5.91 Å². The number of piperidine rings is 1. The molecule has 0 aliphatic carbocycles. The van der Waals surface area contributed by atoms with Crippen LogP contribution in [0.3, 0.4) is 0 Å². The van der Waals surface area contributed by atoms with Crippen molar-refractivity contribution in [1.29, 1.82) is 0 Å². The number of carbonyl (C=O) groups is 2. The van der Waals surface area contributed by atoms with E-state index in [-0.39, 0.29) is 16.8 Å². The first-order valence-electron chi connectivity index (χ1n) is 9.11. The molecule has 2 saturated heterocycles. The number of likely N-dealkylation sites (tertiary alicyclic amines) is 1. The Morgan fingerprint density at radius 1 is 1.00 bits per heavy atom. The number of anilines is 2. The van der Waals surface area contributed by atoms with E-state index in [1.165, 1.54) is 0 Å². The third kappa shape index (κ3) is 4.17. The van der Waals surface area contributed by atoms with Crippen molar-refractivity contribution in [3.63, 3.8) is 0 Å². The highest BCUT2D eigenvalue weighted by Crippen LogP contribution is 2.47. The molecule has 2 aromatic rings. The number of hydrogen-bond donors (Lipinski definition) is 1. The van der Waals surface area contributed by atoms with Gasteiger partial charge in [-0.3, -0.25) is 9.69 Å². The summed E-state index contributed by atoms with van der Waals surface area (Å²) in [5, 5.41) is 4.38. The zero-order valence-electron chi connectivity index (χ0n) is 15.3. The second-order valence-electron chi connectivity index (χ2n) is 6.98. The van der Waals surface area contributed by atoms with Gasteiger partial charge in [0, 0.05) is 28.8 Å². The summed E-state index contributed by atoms with van der Waals surface area (Å²) in [6.45, 7) is 1.09. The van der Waals surface area contributed by atoms with Gasteiger partial charge in [0.1, 0.15) is 0 Å². The first-order chi connectivity index (χ1) is 13.9. The molecule has 2 heterocycles. The highest BCUT2D eigenvalue weighted by molar-refractivity contribution is 8.02. The Hall–Kier alpha value is -1.60. The topological polar surface area (TPSA) is 52.7 Å². The van der Waals surface area contributed by atoms with Gasteiger partial charge in [-0.2, -0.15) is 0 Å². The average Bonchev–Trinajstić information content (AvgIpc) is 3.01. The second kappa shape index (κ2) is 8.26. The number of amides is 3. The Labute approximate surface area is 188 Å². The van der Waals surface area contributed by atoms with Gasteiger partial charge < -0.3 is 10.2 Å². The summed E-state index contributed by atoms with van der Waals surface area (Å²) in [5.74, 6) is 0.526. The van der Waals surface area contributed by atoms with E-state index < -0.39 is 0 Å². The lowest BCUT2D eigenvalue weighted by Crippen LogP contribution is -2.53. The molecule has 29 heavy (non-hydrogen) atoms. The third-order valence-electron chi connectivity index (χ3n) is 5.21. The number of rotatable bonds is 2. The molecule has 0 atom stereocenters. The molecule has 5 nitrogen and oxygen atoms in total. The second-order valence-corrected chi connectivity index (χ2v) is 9.60. The summed E-state index contributed by atoms with van der Waals surface area (Å²) in [6, 6.07) is 12.1. The van der Waals surface area contributed by atoms with Crippen molar-refractivity contribution < 1.29 is 9.59 Å². The number of carbonyl (C=O) groups excluding carboxylic acids is 2. The van der Waals surface area contributed by atoms with Gasteiger partial charge >= 0.3 is 6.03 Å². The van der Waals surface area contributed by atoms with E-state index in [2.05, 4.69) is 5.32 Å². The molecule has 152 valence electrons. The number of urea groups is 1. The SMILES string of the molecule is O=C(Nc1ccc(Cl)cc1Cl)N1CCC2(CC1)SCC(=O)N2c1ccc(Cl)cc1. The predicted octanol–water partition coefficient (Wildman–Crippen LogP) is 5.75. The molecule has 2 fully saturated rings. The quantitative estimate of drug-likeness (QED) is 0.608. The number of benzene rings is 2. The minimum absolute atomic E-state index is 0.0863. The van der Waals surface area contributed by atoms with E-state index in [4.69, 9.17) is 34.8 Å². The fourth-order valence-corrected chi connectivity index (χ4v) is 5.64. The minimum Gasteiger partial charge on any atom is -0.324 e. The largest absolute Gasteiger partial charge is 0.324 e. The van der Waals surface area contributed by atoms with Gasteiger partial charge in [-0.15, -0.1) is 11.8 Å². The number of hydrogen-bond acceptors (Lipinski definition) is 3. The van der Waals surface area contributed by atoms with Crippen molar-refractivity contribution in [1.82, 2.24) is 4.90 Å². The van der Waals surface area contributed by atoms with Gasteiger partial charge in [0.05, 0.1) is 21.3 Å². The van der Waals surface area contributed by atoms with Crippen molar-refractivity contribution in [2.24, 2.45) is 0 Å². The van der Waals surface area contributed by atoms with E-state index in [1.807, 2.05) is 17.0 Å². The summed E-state index contributed by atoms with van der Waals surface area (Å²) in [4.78, 5) is 28.6. The van der Waals surface area contributed by atoms with Crippen LogP contribution in [0.2, 0.25) is 15.1 Å². The zero-order valence-corrected chi connectivity index (χ0v) is 18.4. The van der Waals surface area contributed by atoms with Crippen LogP contribution in [0, 0.1) is 0 Å². The van der Waals surface area contributed by atoms with Crippen LogP contribution in [0.25, 0.3) is 0 Å². The highest BCUT2D eigenvalue weighted by Gasteiger charge is 2.49. The van der Waals surface area contributed by atoms with Crippen LogP contribution in [0.15, 0.2) is 42.5 Å². The van der Waals surface area contributed by atoms with Crippen molar-refractivity contribution in [2.45, 2.75) is 17.7 Å². The number of nitrogens with one attached hydrogen (secondary N) is 1. The van der Waals surface area contributed by atoms with E-state index in [9.17, 15) is 9.59 Å². The lowest BCUT2D eigenvalue weighted by Gasteiger charge is -2.43. The van der Waals surface area contributed by atoms with Crippen LogP contribution in [0.5, 0.6) is 0 Å². The molecule has 0 bridgehead atoms. The maximum Gasteiger partial charge on any atom is 0.321 e. The minimum atomic E-state index is -0.334. The molecule has 4 rings (SSSR count). The molecule has 9 heteroatoms. The Morgan fingerprint density at radius 3 is 2.31 bits per heavy atom. The van der Waals surface area contributed by atoms with Crippen LogP contribution in [-0.4, -0.2) is 40.6 Å². The average molecular weight is 471 g/mol. The van der Waals surface area contributed by atoms with Gasteiger partial charge in [0.25, 0.3) is 0 Å². The maximum atomic E-state index is 12.7. The van der Waals surface area contributed by atoms with Crippen molar-refractivity contribution in [2.75, 3.05) is 29.1 Å². The third-order valence-corrected chi connectivity index (χ3v) is 7.53. The summed E-state index contributed by atoms with van der Waals surface area (Å²) < 4.78 is 0. The highest BCUT2D eigenvalue weighted by atomic mass is 35.5. The van der Waals surface area contributed by atoms with Gasteiger partial charge in [-0.25, -0.2) is 4.79 Å². The van der Waals surface area contributed by atoms with Gasteiger partial charge in [-0.05, 0) is 55.3 Å². The molecule has 3 amide bonds. The number of halogens is 3. The maximum absolute atomic E-state index is 12.7. The molecule has 1 spiro atoms. The van der Waals surface area contributed by atoms with Gasteiger partial charge in [0.15, 0.2) is 0 Å². The van der Waals surface area contributed by atoms with Crippen LogP contribution in [0.4, 0.5) is 16.2 Å². The lowest BCUT2D eigenvalue weighted by molar-refractivity contribution is -0.116. The van der Waals surface area contributed by atoms with Crippen molar-refractivity contribution in [3.05, 3.63) is 57.5 Å². The molecule has 2 aliphatic rings. The first-order valence-corrected chi connectivity index (χ1v) is 11.2. The molecule has 0 radical (unpaired) electrons. The van der Waals surface area contributed by atoms with E-state index in [0.717, 1.165) is 5.69 Å². The summed E-state index contributed by atoms with van der Waals surface area (Å²) in [6.07, 6.45) is 1.38. The predicted molar refractivity (Wildman–Crippen MR) is 120 cm³/mol. The van der Waals surface area contributed by atoms with E-state index >= 15 is 0 Å². The molecule has 2 aliphatic heterocycles. The molecule has 1 N–H and O–H groups in total. The van der Waals surface area contributed by atoms with Gasteiger partial charge in [-0.1, -0.05) is 34.8 Å². The smallest absolute Gasteiger partial charge is 0.321 e. The standard InChI is InChI=1S/C20H18Cl3N3O2S/c21-13-1-4-15(5-2-13)26-18(27)12-29-20(26)7-9-25(10-8-20)19(28)24-17-6-3-14(22)11-16(17)23/h1-6,11H,7-10,12H2,(H,24,28). The molecular formula is C20H18Cl3N3O2S. The summed E-state index contributed by atoms with van der Waals surface area (Å²) in [7, 11) is 0. The van der Waals surface area contributed by atoms with Crippen LogP contribution in [0.1, 0.15) is 12.8 Å². The molecule has 2 aromatic carbocycles. The number of nitrogens with zero attached hydrogens (tertiary/aromatic N) is 2. The Bertz CT molecular complexity index is 946.